The van der Waals surface area contributed by atoms with E-state index in [1.54, 1.807) is 27.3 Å². The Morgan fingerprint density at radius 1 is 1.07 bits per heavy atom. The minimum absolute atomic E-state index is 0.0106. The highest BCUT2D eigenvalue weighted by molar-refractivity contribution is 8.00. The number of anilines is 1. The Balaban J connectivity index is 1.57. The van der Waals surface area contributed by atoms with E-state index in [9.17, 15) is 19.5 Å². The van der Waals surface area contributed by atoms with E-state index in [1.807, 2.05) is 39.2 Å². The first kappa shape index (κ1) is 36.1. The number of aliphatic hydroxyl groups is 1. The number of thioether (sulfide) groups is 1. The fourth-order valence-corrected chi connectivity index (χ4v) is 9.09. The van der Waals surface area contributed by atoms with Crippen molar-refractivity contribution in [3.05, 3.63) is 12.7 Å². The number of rotatable bonds is 8. The van der Waals surface area contributed by atoms with Gasteiger partial charge < -0.3 is 29.6 Å². The minimum Gasteiger partial charge on any atom is -0.458 e. The number of carbonyl (C=O) groups excluding carboxylic acids is 3. The molecule has 0 aromatic carbocycles. The van der Waals surface area contributed by atoms with Crippen LogP contribution in [0, 0.1) is 29.6 Å². The maximum Gasteiger partial charge on any atom is 0.320 e. The summed E-state index contributed by atoms with van der Waals surface area (Å²) in [7, 11) is 1.61. The van der Waals surface area contributed by atoms with Gasteiger partial charge in [-0.25, -0.2) is 15.0 Å². The number of fused-ring (bicyclic) bond motifs is 2. The largest absolute Gasteiger partial charge is 0.458 e. The number of methoxy groups -OCH3 is 1. The number of aryl methyl sites for hydroxylation is 1. The van der Waals surface area contributed by atoms with Gasteiger partial charge in [0.1, 0.15) is 29.0 Å². The van der Waals surface area contributed by atoms with E-state index in [2.05, 4.69) is 15.0 Å². The molecule has 4 heterocycles. The summed E-state index contributed by atoms with van der Waals surface area (Å²) in [6.45, 7) is 13.6. The van der Waals surface area contributed by atoms with Crippen molar-refractivity contribution in [3.8, 4) is 0 Å². The lowest BCUT2D eigenvalue weighted by Gasteiger charge is -2.42. The van der Waals surface area contributed by atoms with Crippen molar-refractivity contribution in [1.29, 1.82) is 0 Å². The third-order valence-corrected chi connectivity index (χ3v) is 11.6. The van der Waals surface area contributed by atoms with Gasteiger partial charge >= 0.3 is 11.9 Å². The molecule has 0 saturated carbocycles. The topological polar surface area (TPSA) is 169 Å². The number of esters is 2. The van der Waals surface area contributed by atoms with Crippen LogP contribution >= 0.6 is 11.8 Å². The van der Waals surface area contributed by atoms with Gasteiger partial charge in [0.15, 0.2) is 17.1 Å². The van der Waals surface area contributed by atoms with E-state index in [1.165, 1.54) is 18.1 Å². The molecule has 0 bridgehead atoms. The fourth-order valence-electron chi connectivity index (χ4n) is 7.57. The highest BCUT2D eigenvalue weighted by atomic mass is 32.2. The smallest absolute Gasteiger partial charge is 0.320 e. The van der Waals surface area contributed by atoms with Gasteiger partial charge in [-0.15, -0.1) is 11.8 Å². The zero-order chi connectivity index (χ0) is 34.0. The highest BCUT2D eigenvalue weighted by Crippen LogP contribution is 2.48. The number of nitrogen functional groups attached to an aromatic ring is 1. The standard InChI is InChI=1S/C33H51N5O7S/c1-9-22-33(7)23(20(4)25(39)18(2)14-32(6,43-8)15-19(3)26(40)21(5)30(41)44-22)27(31(42)45-33)46-13-11-10-12-38-17-37-24-28(34)35-16-36-29(24)38/h16-23,26-27,40H,9-15H2,1-8H3,(H2,34,35,36). The van der Waals surface area contributed by atoms with Crippen molar-refractivity contribution in [1.82, 2.24) is 19.5 Å². The third kappa shape index (κ3) is 7.21. The van der Waals surface area contributed by atoms with Crippen molar-refractivity contribution in [3.63, 3.8) is 0 Å². The molecule has 10 atom stereocenters. The van der Waals surface area contributed by atoms with Crippen LogP contribution in [-0.2, 0) is 35.1 Å². The molecule has 10 unspecified atom stereocenters. The second-order valence-corrected chi connectivity index (χ2v) is 15.0. The first-order valence-electron chi connectivity index (χ1n) is 16.4. The zero-order valence-corrected chi connectivity index (χ0v) is 29.2. The molecule has 0 aliphatic carbocycles. The Labute approximate surface area is 275 Å². The van der Waals surface area contributed by atoms with Crippen LogP contribution in [0.4, 0.5) is 5.82 Å². The summed E-state index contributed by atoms with van der Waals surface area (Å²) in [5.74, 6) is -2.50. The maximum atomic E-state index is 14.1. The number of hydrogen-bond donors (Lipinski definition) is 2. The Morgan fingerprint density at radius 3 is 2.46 bits per heavy atom. The Hall–Kier alpha value is -2.77. The van der Waals surface area contributed by atoms with Crippen LogP contribution in [0.25, 0.3) is 11.2 Å². The van der Waals surface area contributed by atoms with Gasteiger partial charge in [-0.05, 0) is 64.5 Å². The van der Waals surface area contributed by atoms with Crippen LogP contribution in [0.5, 0.6) is 0 Å². The van der Waals surface area contributed by atoms with Crippen molar-refractivity contribution in [2.45, 2.75) is 116 Å². The van der Waals surface area contributed by atoms with Crippen molar-refractivity contribution in [2.75, 3.05) is 18.6 Å². The predicted molar refractivity (Wildman–Crippen MR) is 176 cm³/mol. The van der Waals surface area contributed by atoms with E-state index < -0.39 is 58.4 Å². The van der Waals surface area contributed by atoms with Gasteiger partial charge in [0.05, 0.1) is 24.0 Å². The van der Waals surface area contributed by atoms with E-state index >= 15 is 0 Å². The second-order valence-electron chi connectivity index (χ2n) is 13.7. The van der Waals surface area contributed by atoms with Crippen LogP contribution in [0.3, 0.4) is 0 Å². The zero-order valence-electron chi connectivity index (χ0n) is 28.4. The number of nitrogens with two attached hydrogens (primary N) is 1. The summed E-state index contributed by atoms with van der Waals surface area (Å²) in [6, 6.07) is 0. The maximum absolute atomic E-state index is 14.1. The van der Waals surface area contributed by atoms with E-state index in [4.69, 9.17) is 19.9 Å². The molecular weight excluding hydrogens is 610 g/mol. The number of imidazole rings is 1. The third-order valence-electron chi connectivity index (χ3n) is 10.3. The number of aromatic nitrogens is 4. The lowest BCUT2D eigenvalue weighted by molar-refractivity contribution is -0.186. The first-order valence-corrected chi connectivity index (χ1v) is 17.5. The normalized spacial score (nSPS) is 36.2. The number of unbranched alkanes of at least 4 members (excludes halogenated alkanes) is 1. The quantitative estimate of drug-likeness (QED) is 0.306. The van der Waals surface area contributed by atoms with E-state index in [-0.39, 0.29) is 17.6 Å². The van der Waals surface area contributed by atoms with Crippen molar-refractivity contribution < 1.29 is 33.7 Å². The van der Waals surface area contributed by atoms with Crippen LogP contribution in [0.2, 0.25) is 0 Å². The number of nitrogens with zero attached hydrogens (tertiary/aromatic N) is 4. The summed E-state index contributed by atoms with van der Waals surface area (Å²) in [5, 5.41) is 10.5. The summed E-state index contributed by atoms with van der Waals surface area (Å²) < 4.78 is 20.0. The molecule has 2 aliphatic rings. The Morgan fingerprint density at radius 2 is 1.78 bits per heavy atom. The number of ketones is 1. The molecule has 2 aliphatic heterocycles. The van der Waals surface area contributed by atoms with Gasteiger partial charge in [-0.3, -0.25) is 14.4 Å². The van der Waals surface area contributed by atoms with Crippen LogP contribution in [-0.4, -0.2) is 83.9 Å². The van der Waals surface area contributed by atoms with Crippen LogP contribution in [0.1, 0.15) is 80.6 Å². The number of cyclic esters (lactones) is 1. The molecule has 2 aromatic rings. The SMILES string of the molecule is CCC1OC(=O)C(C)C(O)C(C)CC(C)(OC)CC(C)C(=O)C(C)C2C(SCCCCn3cnc4c(N)ncnc43)C(=O)OC12C. The van der Waals surface area contributed by atoms with Gasteiger partial charge in [0, 0.05) is 31.4 Å². The number of ether oxygens (including phenoxy) is 3. The lowest BCUT2D eigenvalue weighted by atomic mass is 9.70. The number of Topliss-reactive ketones (excluding diaryl/α,β-unsaturated/α-hetero) is 1. The second kappa shape index (κ2) is 14.6. The number of hydrogen-bond acceptors (Lipinski definition) is 12. The van der Waals surface area contributed by atoms with Gasteiger partial charge in [-0.2, -0.15) is 0 Å². The molecule has 13 heteroatoms. The minimum atomic E-state index is -1.23. The van der Waals surface area contributed by atoms with Crippen molar-refractivity contribution in [2.24, 2.45) is 29.6 Å². The predicted octanol–water partition coefficient (Wildman–Crippen LogP) is 4.22. The highest BCUT2D eigenvalue weighted by Gasteiger charge is 2.61. The summed E-state index contributed by atoms with van der Waals surface area (Å²) in [4.78, 5) is 53.8. The summed E-state index contributed by atoms with van der Waals surface area (Å²) >= 11 is 1.49. The summed E-state index contributed by atoms with van der Waals surface area (Å²) in [5.41, 5.74) is 5.24. The van der Waals surface area contributed by atoms with Gasteiger partial charge in [0.2, 0.25) is 0 Å². The lowest BCUT2D eigenvalue weighted by Crippen LogP contribution is -2.53. The van der Waals surface area contributed by atoms with E-state index in [0.29, 0.717) is 48.5 Å². The molecular formula is C33H51N5O7S. The van der Waals surface area contributed by atoms with Crippen molar-refractivity contribution >= 4 is 46.5 Å². The molecule has 0 spiro atoms. The molecule has 46 heavy (non-hydrogen) atoms. The van der Waals surface area contributed by atoms with Gasteiger partial charge in [0.25, 0.3) is 0 Å². The monoisotopic (exact) mass is 661 g/mol. The Bertz CT molecular complexity index is 1410. The summed E-state index contributed by atoms with van der Waals surface area (Å²) in [6.07, 6.45) is 4.24. The van der Waals surface area contributed by atoms with E-state index in [0.717, 1.165) is 12.8 Å². The molecule has 2 fully saturated rings. The molecule has 0 amide bonds. The average Bonchev–Trinajstić information content (AvgIpc) is 3.55. The molecule has 2 saturated heterocycles. The molecule has 3 N–H and O–H groups in total. The average molecular weight is 662 g/mol. The number of aliphatic hydroxyl groups excluding tert-OH is 1. The fraction of sp³-hybridized carbons (Fsp3) is 0.758. The first-order chi connectivity index (χ1) is 21.7. The Kier molecular flexibility index (Phi) is 11.4. The molecule has 256 valence electrons. The molecule has 2 aromatic heterocycles. The van der Waals surface area contributed by atoms with Crippen LogP contribution < -0.4 is 5.73 Å². The number of carbonyl (C=O) groups is 3. The van der Waals surface area contributed by atoms with Crippen LogP contribution in [0.15, 0.2) is 12.7 Å². The molecule has 4 rings (SSSR count). The molecule has 12 nitrogen and oxygen atoms in total. The van der Waals surface area contributed by atoms with Gasteiger partial charge in [-0.1, -0.05) is 27.7 Å². The molecule has 0 radical (unpaired) electrons.